The lowest BCUT2D eigenvalue weighted by atomic mass is 10.1. The third-order valence-electron chi connectivity index (χ3n) is 4.67. The second-order valence-corrected chi connectivity index (χ2v) is 6.56. The van der Waals surface area contributed by atoms with E-state index < -0.39 is 0 Å². The van der Waals surface area contributed by atoms with Crippen LogP contribution in [0.3, 0.4) is 0 Å². The summed E-state index contributed by atoms with van der Waals surface area (Å²) in [6.45, 7) is 2.94. The average molecular weight is 348 g/mol. The highest BCUT2D eigenvalue weighted by molar-refractivity contribution is 5.53. The van der Waals surface area contributed by atoms with Gasteiger partial charge in [0.2, 0.25) is 5.95 Å². The molecule has 26 heavy (non-hydrogen) atoms. The molecule has 0 bridgehead atoms. The van der Waals surface area contributed by atoms with E-state index in [2.05, 4.69) is 50.5 Å². The SMILES string of the molecule is Fc1ccc(Nc2ncc3c(n2)CCN(CCc2ccccc2)C3)cc1. The first kappa shape index (κ1) is 16.7. The van der Waals surface area contributed by atoms with E-state index in [4.69, 9.17) is 0 Å². The van der Waals surface area contributed by atoms with Crippen molar-refractivity contribution < 1.29 is 4.39 Å². The van der Waals surface area contributed by atoms with E-state index in [0.717, 1.165) is 43.9 Å². The molecule has 0 atom stereocenters. The second-order valence-electron chi connectivity index (χ2n) is 6.56. The molecule has 4 rings (SSSR count). The summed E-state index contributed by atoms with van der Waals surface area (Å²) in [7, 11) is 0. The summed E-state index contributed by atoms with van der Waals surface area (Å²) < 4.78 is 13.0. The minimum Gasteiger partial charge on any atom is -0.324 e. The van der Waals surface area contributed by atoms with Crippen LogP contribution in [0, 0.1) is 5.82 Å². The van der Waals surface area contributed by atoms with E-state index in [1.54, 1.807) is 12.1 Å². The van der Waals surface area contributed by atoms with Gasteiger partial charge in [-0.3, -0.25) is 4.90 Å². The van der Waals surface area contributed by atoms with Gasteiger partial charge in [-0.1, -0.05) is 30.3 Å². The van der Waals surface area contributed by atoms with Crippen molar-refractivity contribution in [1.82, 2.24) is 14.9 Å². The number of anilines is 2. The van der Waals surface area contributed by atoms with Gasteiger partial charge < -0.3 is 5.32 Å². The van der Waals surface area contributed by atoms with Crippen LogP contribution >= 0.6 is 0 Å². The van der Waals surface area contributed by atoms with Gasteiger partial charge in [0.15, 0.2) is 0 Å². The quantitative estimate of drug-likeness (QED) is 0.758. The molecule has 1 aromatic heterocycles. The number of aromatic nitrogens is 2. The number of nitrogens with zero attached hydrogens (tertiary/aromatic N) is 3. The van der Waals surface area contributed by atoms with Crippen LogP contribution in [0.15, 0.2) is 60.8 Å². The van der Waals surface area contributed by atoms with E-state index in [1.807, 2.05) is 6.20 Å². The van der Waals surface area contributed by atoms with Crippen LogP contribution < -0.4 is 5.32 Å². The van der Waals surface area contributed by atoms with Gasteiger partial charge in [-0.2, -0.15) is 0 Å². The molecule has 0 radical (unpaired) electrons. The van der Waals surface area contributed by atoms with E-state index >= 15 is 0 Å². The van der Waals surface area contributed by atoms with Crippen LogP contribution in [-0.4, -0.2) is 28.0 Å². The normalized spacial score (nSPS) is 14.0. The van der Waals surface area contributed by atoms with Crippen molar-refractivity contribution in [3.63, 3.8) is 0 Å². The van der Waals surface area contributed by atoms with Crippen LogP contribution in [0.25, 0.3) is 0 Å². The van der Waals surface area contributed by atoms with Crippen LogP contribution in [0.5, 0.6) is 0 Å². The van der Waals surface area contributed by atoms with E-state index in [1.165, 1.54) is 23.3 Å². The topological polar surface area (TPSA) is 41.1 Å². The lowest BCUT2D eigenvalue weighted by Crippen LogP contribution is -2.33. The smallest absolute Gasteiger partial charge is 0.227 e. The molecule has 2 heterocycles. The van der Waals surface area contributed by atoms with Crippen LogP contribution in [0.4, 0.5) is 16.0 Å². The Bertz CT molecular complexity index is 865. The fourth-order valence-electron chi connectivity index (χ4n) is 3.22. The molecule has 0 saturated heterocycles. The van der Waals surface area contributed by atoms with Gasteiger partial charge in [-0.05, 0) is 36.2 Å². The Kier molecular flexibility index (Phi) is 4.88. The van der Waals surface area contributed by atoms with Gasteiger partial charge in [0.1, 0.15) is 5.82 Å². The molecule has 0 spiro atoms. The van der Waals surface area contributed by atoms with Crippen molar-refractivity contribution in [3.05, 3.63) is 83.4 Å². The molecule has 132 valence electrons. The zero-order valence-corrected chi connectivity index (χ0v) is 14.5. The summed E-state index contributed by atoms with van der Waals surface area (Å²) >= 11 is 0. The standard InChI is InChI=1S/C21H21FN4/c22-18-6-8-19(9-7-18)24-21-23-14-17-15-26(13-11-20(17)25-21)12-10-16-4-2-1-3-5-16/h1-9,14H,10-13,15H2,(H,23,24,25). The van der Waals surface area contributed by atoms with Crippen molar-refractivity contribution in [2.24, 2.45) is 0 Å². The molecule has 5 heteroatoms. The van der Waals surface area contributed by atoms with Crippen molar-refractivity contribution >= 4 is 11.6 Å². The Balaban J connectivity index is 1.38. The Hall–Kier alpha value is -2.79. The monoisotopic (exact) mass is 348 g/mol. The van der Waals surface area contributed by atoms with E-state index in [-0.39, 0.29) is 5.82 Å². The molecule has 2 aromatic carbocycles. The molecule has 4 nitrogen and oxygen atoms in total. The second kappa shape index (κ2) is 7.62. The molecule has 0 aliphatic carbocycles. The first-order valence-electron chi connectivity index (χ1n) is 8.90. The van der Waals surface area contributed by atoms with E-state index in [0.29, 0.717) is 5.95 Å². The minimum atomic E-state index is -0.252. The predicted molar refractivity (Wildman–Crippen MR) is 101 cm³/mol. The van der Waals surface area contributed by atoms with Gasteiger partial charge in [0.25, 0.3) is 0 Å². The summed E-state index contributed by atoms with van der Waals surface area (Å²) in [4.78, 5) is 11.5. The largest absolute Gasteiger partial charge is 0.324 e. The number of hydrogen-bond acceptors (Lipinski definition) is 4. The number of nitrogens with one attached hydrogen (secondary N) is 1. The molecule has 1 N–H and O–H groups in total. The highest BCUT2D eigenvalue weighted by Crippen LogP contribution is 2.20. The van der Waals surface area contributed by atoms with Crippen molar-refractivity contribution in [2.45, 2.75) is 19.4 Å². The summed E-state index contributed by atoms with van der Waals surface area (Å²) in [5.41, 5.74) is 4.44. The molecule has 3 aromatic rings. The maximum absolute atomic E-state index is 13.0. The maximum Gasteiger partial charge on any atom is 0.227 e. The van der Waals surface area contributed by atoms with Crippen LogP contribution in [0.2, 0.25) is 0 Å². The molecule has 0 amide bonds. The lowest BCUT2D eigenvalue weighted by Gasteiger charge is -2.28. The number of rotatable bonds is 5. The minimum absolute atomic E-state index is 0.252. The zero-order valence-electron chi connectivity index (χ0n) is 14.5. The Labute approximate surface area is 152 Å². The van der Waals surface area contributed by atoms with Crippen molar-refractivity contribution in [3.8, 4) is 0 Å². The molecule has 1 aliphatic rings. The third kappa shape index (κ3) is 4.06. The summed E-state index contributed by atoms with van der Waals surface area (Å²) in [6, 6.07) is 16.8. The maximum atomic E-state index is 13.0. The fourth-order valence-corrected chi connectivity index (χ4v) is 3.22. The Morgan fingerprint density at radius 2 is 1.85 bits per heavy atom. The van der Waals surface area contributed by atoms with Crippen molar-refractivity contribution in [1.29, 1.82) is 0 Å². The number of fused-ring (bicyclic) bond motifs is 1. The lowest BCUT2D eigenvalue weighted by molar-refractivity contribution is 0.254. The molecule has 0 saturated carbocycles. The van der Waals surface area contributed by atoms with Gasteiger partial charge in [0, 0.05) is 43.5 Å². The van der Waals surface area contributed by atoms with Gasteiger partial charge in [0.05, 0.1) is 5.69 Å². The van der Waals surface area contributed by atoms with Gasteiger partial charge in [-0.15, -0.1) is 0 Å². The Morgan fingerprint density at radius 1 is 1.04 bits per heavy atom. The van der Waals surface area contributed by atoms with Crippen LogP contribution in [-0.2, 0) is 19.4 Å². The average Bonchev–Trinajstić information content (AvgIpc) is 2.69. The Morgan fingerprint density at radius 3 is 2.65 bits per heavy atom. The summed E-state index contributed by atoms with van der Waals surface area (Å²) in [6.07, 6.45) is 3.88. The molecule has 1 aliphatic heterocycles. The van der Waals surface area contributed by atoms with Gasteiger partial charge in [-0.25, -0.2) is 14.4 Å². The highest BCUT2D eigenvalue weighted by atomic mass is 19.1. The molecule has 0 fully saturated rings. The molecule has 0 unspecified atom stereocenters. The molecular formula is C21H21FN4. The molecular weight excluding hydrogens is 327 g/mol. The number of hydrogen-bond donors (Lipinski definition) is 1. The third-order valence-corrected chi connectivity index (χ3v) is 4.67. The van der Waals surface area contributed by atoms with E-state index in [9.17, 15) is 4.39 Å². The van der Waals surface area contributed by atoms with Crippen molar-refractivity contribution in [2.75, 3.05) is 18.4 Å². The van der Waals surface area contributed by atoms with Crippen LogP contribution in [0.1, 0.15) is 16.8 Å². The fraction of sp³-hybridized carbons (Fsp3) is 0.238. The predicted octanol–water partition coefficient (Wildman–Crippen LogP) is 3.96. The highest BCUT2D eigenvalue weighted by Gasteiger charge is 2.18. The summed E-state index contributed by atoms with van der Waals surface area (Å²) in [5, 5.41) is 3.14. The van der Waals surface area contributed by atoms with Gasteiger partial charge >= 0.3 is 0 Å². The number of benzene rings is 2. The first-order valence-corrected chi connectivity index (χ1v) is 8.90. The summed E-state index contributed by atoms with van der Waals surface area (Å²) in [5.74, 6) is 0.311. The first-order chi connectivity index (χ1) is 12.8. The number of halogens is 1. The zero-order chi connectivity index (χ0) is 17.8.